The van der Waals surface area contributed by atoms with Gasteiger partial charge in [0.1, 0.15) is 0 Å². The molecule has 114 valence electrons. The molecule has 0 bridgehead atoms. The first-order valence-electron chi connectivity index (χ1n) is 6.88. The van der Waals surface area contributed by atoms with Crippen LogP contribution in [0, 0.1) is 0 Å². The molecule has 0 spiro atoms. The molecule has 0 aliphatic heterocycles. The molecule has 0 aliphatic carbocycles. The summed E-state index contributed by atoms with van der Waals surface area (Å²) < 4.78 is 27.3. The number of nitrogens with one attached hydrogen (secondary N) is 2. The Bertz CT molecular complexity index is 649. The van der Waals surface area contributed by atoms with Crippen LogP contribution in [0.25, 0.3) is 0 Å². The van der Waals surface area contributed by atoms with Crippen molar-refractivity contribution in [2.75, 3.05) is 11.9 Å². The van der Waals surface area contributed by atoms with Gasteiger partial charge in [-0.2, -0.15) is 11.3 Å². The van der Waals surface area contributed by atoms with E-state index in [-0.39, 0.29) is 6.04 Å². The smallest absolute Gasteiger partial charge is 0.240 e. The quantitative estimate of drug-likeness (QED) is 0.823. The minimum Gasteiger partial charge on any atom is -0.385 e. The van der Waals surface area contributed by atoms with E-state index < -0.39 is 10.0 Å². The monoisotopic (exact) mass is 324 g/mol. The maximum Gasteiger partial charge on any atom is 0.240 e. The molecule has 0 saturated carbocycles. The summed E-state index contributed by atoms with van der Waals surface area (Å²) in [6.45, 7) is 4.68. The predicted molar refractivity (Wildman–Crippen MR) is 88.4 cm³/mol. The van der Waals surface area contributed by atoms with Gasteiger partial charge in [-0.05, 0) is 66.9 Å². The molecule has 6 heteroatoms. The summed E-state index contributed by atoms with van der Waals surface area (Å²) in [5.41, 5.74) is 2.07. The van der Waals surface area contributed by atoms with E-state index in [1.165, 1.54) is 0 Å². The Labute approximate surface area is 130 Å². The SMILES string of the molecule is CCNc1ccc(S(=O)(=O)NC(C)Cc2ccsc2)cc1. The molecular weight excluding hydrogens is 304 g/mol. The van der Waals surface area contributed by atoms with Gasteiger partial charge in [-0.1, -0.05) is 0 Å². The van der Waals surface area contributed by atoms with Crippen molar-refractivity contribution in [1.82, 2.24) is 4.72 Å². The van der Waals surface area contributed by atoms with Crippen LogP contribution < -0.4 is 10.0 Å². The van der Waals surface area contributed by atoms with Crippen LogP contribution in [-0.2, 0) is 16.4 Å². The second kappa shape index (κ2) is 7.06. The fraction of sp³-hybridized carbons (Fsp3) is 0.333. The molecule has 0 fully saturated rings. The lowest BCUT2D eigenvalue weighted by Crippen LogP contribution is -2.34. The van der Waals surface area contributed by atoms with Gasteiger partial charge in [0.25, 0.3) is 0 Å². The van der Waals surface area contributed by atoms with Crippen LogP contribution in [0.5, 0.6) is 0 Å². The van der Waals surface area contributed by atoms with E-state index in [0.717, 1.165) is 17.8 Å². The number of hydrogen-bond acceptors (Lipinski definition) is 4. The number of benzene rings is 1. The van der Waals surface area contributed by atoms with Gasteiger partial charge in [0.15, 0.2) is 0 Å². The minimum atomic E-state index is -3.47. The van der Waals surface area contributed by atoms with Gasteiger partial charge in [-0.15, -0.1) is 0 Å². The topological polar surface area (TPSA) is 58.2 Å². The summed E-state index contributed by atoms with van der Waals surface area (Å²) in [6.07, 6.45) is 0.693. The van der Waals surface area contributed by atoms with Gasteiger partial charge in [0, 0.05) is 18.3 Å². The highest BCUT2D eigenvalue weighted by Crippen LogP contribution is 2.15. The van der Waals surface area contributed by atoms with E-state index >= 15 is 0 Å². The van der Waals surface area contributed by atoms with Crippen LogP contribution in [0.2, 0.25) is 0 Å². The number of rotatable bonds is 7. The first-order valence-corrected chi connectivity index (χ1v) is 9.31. The van der Waals surface area contributed by atoms with Gasteiger partial charge < -0.3 is 5.32 Å². The molecule has 4 nitrogen and oxygen atoms in total. The molecule has 0 aliphatic rings. The molecule has 2 rings (SSSR count). The Kier molecular flexibility index (Phi) is 5.39. The number of thiophene rings is 1. The molecule has 2 aromatic rings. The first kappa shape index (κ1) is 16.0. The zero-order valence-electron chi connectivity index (χ0n) is 12.2. The van der Waals surface area contributed by atoms with Crippen molar-refractivity contribution < 1.29 is 8.42 Å². The lowest BCUT2D eigenvalue weighted by Gasteiger charge is -2.14. The highest BCUT2D eigenvalue weighted by atomic mass is 32.2. The highest BCUT2D eigenvalue weighted by Gasteiger charge is 2.17. The Hall–Kier alpha value is -1.37. The second-order valence-electron chi connectivity index (χ2n) is 4.91. The molecular formula is C15H20N2O2S2. The molecule has 0 amide bonds. The summed E-state index contributed by atoms with van der Waals surface area (Å²) in [5.74, 6) is 0. The van der Waals surface area contributed by atoms with Crippen LogP contribution >= 0.6 is 11.3 Å². The standard InChI is InChI=1S/C15H20N2O2S2/c1-3-16-14-4-6-15(7-5-14)21(18,19)17-12(2)10-13-8-9-20-11-13/h4-9,11-12,16-17H,3,10H2,1-2H3. The summed E-state index contributed by atoms with van der Waals surface area (Å²) in [6, 6.07) is 8.68. The summed E-state index contributed by atoms with van der Waals surface area (Å²) in [5, 5.41) is 7.18. The van der Waals surface area contributed by atoms with Crippen molar-refractivity contribution in [3.63, 3.8) is 0 Å². The minimum absolute atomic E-state index is 0.141. The molecule has 1 atom stereocenters. The fourth-order valence-corrected chi connectivity index (χ4v) is 4.02. The third-order valence-corrected chi connectivity index (χ3v) is 5.36. The van der Waals surface area contributed by atoms with E-state index in [2.05, 4.69) is 10.0 Å². The highest BCUT2D eigenvalue weighted by molar-refractivity contribution is 7.89. The Balaban J connectivity index is 2.03. The summed E-state index contributed by atoms with van der Waals surface area (Å²) in [4.78, 5) is 0.293. The fourth-order valence-electron chi connectivity index (χ4n) is 2.09. The van der Waals surface area contributed by atoms with Crippen molar-refractivity contribution in [3.8, 4) is 0 Å². The summed E-state index contributed by atoms with van der Waals surface area (Å²) in [7, 11) is -3.47. The molecule has 1 unspecified atom stereocenters. The third kappa shape index (κ3) is 4.56. The molecule has 2 N–H and O–H groups in total. The van der Waals surface area contributed by atoms with Crippen LogP contribution in [0.15, 0.2) is 46.0 Å². The van der Waals surface area contributed by atoms with E-state index in [1.54, 1.807) is 35.6 Å². The van der Waals surface area contributed by atoms with Crippen molar-refractivity contribution in [1.29, 1.82) is 0 Å². The Morgan fingerprint density at radius 3 is 2.48 bits per heavy atom. The predicted octanol–water partition coefficient (Wildman–Crippen LogP) is 3.09. The molecule has 1 aromatic carbocycles. The van der Waals surface area contributed by atoms with Crippen molar-refractivity contribution in [2.45, 2.75) is 31.2 Å². The zero-order chi connectivity index (χ0) is 15.3. The number of sulfonamides is 1. The van der Waals surface area contributed by atoms with Gasteiger partial charge in [-0.3, -0.25) is 0 Å². The van der Waals surface area contributed by atoms with E-state index in [1.807, 2.05) is 30.7 Å². The number of anilines is 1. The lowest BCUT2D eigenvalue weighted by atomic mass is 10.1. The maximum absolute atomic E-state index is 12.3. The second-order valence-corrected chi connectivity index (χ2v) is 7.41. The molecule has 0 saturated heterocycles. The molecule has 1 heterocycles. The van der Waals surface area contributed by atoms with E-state index in [9.17, 15) is 8.42 Å². The van der Waals surface area contributed by atoms with Gasteiger partial charge >= 0.3 is 0 Å². The number of hydrogen-bond donors (Lipinski definition) is 2. The first-order chi connectivity index (χ1) is 10.0. The maximum atomic E-state index is 12.3. The Morgan fingerprint density at radius 1 is 1.19 bits per heavy atom. The third-order valence-electron chi connectivity index (χ3n) is 3.02. The zero-order valence-corrected chi connectivity index (χ0v) is 13.8. The largest absolute Gasteiger partial charge is 0.385 e. The van der Waals surface area contributed by atoms with Gasteiger partial charge in [0.05, 0.1) is 4.90 Å². The van der Waals surface area contributed by atoms with Gasteiger partial charge in [-0.25, -0.2) is 13.1 Å². The van der Waals surface area contributed by atoms with Gasteiger partial charge in [0.2, 0.25) is 10.0 Å². The van der Waals surface area contributed by atoms with Crippen LogP contribution in [0.1, 0.15) is 19.4 Å². The Morgan fingerprint density at radius 2 is 1.90 bits per heavy atom. The van der Waals surface area contributed by atoms with Crippen LogP contribution in [0.3, 0.4) is 0 Å². The molecule has 0 radical (unpaired) electrons. The average Bonchev–Trinajstić information content (AvgIpc) is 2.92. The summed E-state index contributed by atoms with van der Waals surface area (Å²) >= 11 is 1.62. The molecule has 1 aromatic heterocycles. The van der Waals surface area contributed by atoms with E-state index in [0.29, 0.717) is 11.3 Å². The normalized spacial score (nSPS) is 13.0. The molecule has 21 heavy (non-hydrogen) atoms. The van der Waals surface area contributed by atoms with Crippen molar-refractivity contribution in [2.24, 2.45) is 0 Å². The average molecular weight is 324 g/mol. The van der Waals surface area contributed by atoms with Crippen LogP contribution in [0.4, 0.5) is 5.69 Å². The van der Waals surface area contributed by atoms with Crippen molar-refractivity contribution in [3.05, 3.63) is 46.7 Å². The van der Waals surface area contributed by atoms with Crippen LogP contribution in [-0.4, -0.2) is 21.0 Å². The van der Waals surface area contributed by atoms with E-state index in [4.69, 9.17) is 0 Å². The lowest BCUT2D eigenvalue weighted by molar-refractivity contribution is 0.560. The van der Waals surface area contributed by atoms with Crippen molar-refractivity contribution >= 4 is 27.0 Å².